The molecule has 2 aliphatic heterocycles. The largest absolute Gasteiger partial charge is 0.396 e. The highest BCUT2D eigenvalue weighted by Crippen LogP contribution is 2.36. The molecule has 0 aromatic carbocycles. The Kier molecular flexibility index (Phi) is 20.0. The lowest BCUT2D eigenvalue weighted by Gasteiger charge is -2.21. The molecule has 42 heavy (non-hydrogen) atoms. The highest BCUT2D eigenvalue weighted by Gasteiger charge is 2.43. The number of hydrogen-bond acceptors (Lipinski definition) is 7. The maximum absolute atomic E-state index is 9.16. The highest BCUT2D eigenvalue weighted by atomic mass is 31.1. The second-order valence-electron chi connectivity index (χ2n) is 12.9. The van der Waals surface area contributed by atoms with Crippen molar-refractivity contribution >= 4 is 17.6 Å². The molecule has 0 saturated carbocycles. The average molecular weight is 635 g/mol. The van der Waals surface area contributed by atoms with Gasteiger partial charge in [-0.3, -0.25) is 0 Å². The van der Waals surface area contributed by atoms with Crippen molar-refractivity contribution in [2.75, 3.05) is 33.2 Å². The zero-order valence-electron chi connectivity index (χ0n) is 28.5. The molecular weight excluding hydrogens is 570 g/mol. The molecule has 2 rings (SSSR count). The van der Waals surface area contributed by atoms with E-state index in [9.17, 15) is 0 Å². The summed E-state index contributed by atoms with van der Waals surface area (Å²) in [5.41, 5.74) is 0. The Balaban J connectivity index is 0.000000420. The monoisotopic (exact) mass is 634 g/mol. The molecule has 2 fully saturated rings. The van der Waals surface area contributed by atoms with E-state index in [-0.39, 0.29) is 36.9 Å². The predicted octanol–water partition coefficient (Wildman–Crippen LogP) is 8.11. The molecule has 9 heteroatoms. The van der Waals surface area contributed by atoms with E-state index in [1.807, 2.05) is 27.7 Å². The van der Waals surface area contributed by atoms with Gasteiger partial charge in [-0.25, -0.2) is 0 Å². The molecule has 10 atom stereocenters. The summed E-state index contributed by atoms with van der Waals surface area (Å²) < 4.78 is 34.3. The second kappa shape index (κ2) is 21.0. The van der Waals surface area contributed by atoms with Crippen molar-refractivity contribution in [1.82, 2.24) is 0 Å². The maximum Gasteiger partial charge on any atom is 0.163 e. The average Bonchev–Trinajstić information content (AvgIpc) is 3.40. The van der Waals surface area contributed by atoms with Crippen molar-refractivity contribution in [3.05, 3.63) is 24.3 Å². The Hall–Kier alpha value is 0.0600. The second-order valence-corrected chi connectivity index (χ2v) is 15.1. The lowest BCUT2D eigenvalue weighted by molar-refractivity contribution is -0.149. The smallest absolute Gasteiger partial charge is 0.163 e. The highest BCUT2D eigenvalue weighted by molar-refractivity contribution is 7.32. The van der Waals surface area contributed by atoms with Gasteiger partial charge in [0.05, 0.1) is 24.4 Å². The predicted molar refractivity (Wildman–Crippen MR) is 179 cm³/mol. The molecule has 2 saturated heterocycles. The van der Waals surface area contributed by atoms with Gasteiger partial charge in [0.15, 0.2) is 11.6 Å². The SMILES string of the molecule is CCC[C@@H]1OC(C)(C)O[C@@H]1C(C)/C=C\C[C@@H](C)CPOC.COPC[C@H](C)C/C=C\C(C)[C@H]1OC(C)(C)O[C@H]1CCO. The summed E-state index contributed by atoms with van der Waals surface area (Å²) in [7, 11) is 4.73. The van der Waals surface area contributed by atoms with E-state index < -0.39 is 11.6 Å². The van der Waals surface area contributed by atoms with Gasteiger partial charge in [-0.1, -0.05) is 65.3 Å². The third-order valence-electron chi connectivity index (χ3n) is 7.57. The summed E-state index contributed by atoms with van der Waals surface area (Å²) in [6, 6.07) is 0. The minimum Gasteiger partial charge on any atom is -0.396 e. The summed E-state index contributed by atoms with van der Waals surface area (Å²) in [6.07, 6.45) is 16.7. The zero-order chi connectivity index (χ0) is 31.8. The van der Waals surface area contributed by atoms with E-state index in [4.69, 9.17) is 33.1 Å². The van der Waals surface area contributed by atoms with Crippen LogP contribution in [0.1, 0.15) is 94.4 Å². The number of aliphatic hydroxyl groups is 1. The Morgan fingerprint density at radius 2 is 1.12 bits per heavy atom. The normalized spacial score (nSPS) is 28.7. The molecule has 0 aromatic heterocycles. The van der Waals surface area contributed by atoms with Gasteiger partial charge in [0, 0.05) is 50.3 Å². The lowest BCUT2D eigenvalue weighted by atomic mass is 9.96. The Labute approximate surface area is 262 Å². The van der Waals surface area contributed by atoms with E-state index >= 15 is 0 Å². The van der Waals surface area contributed by atoms with Gasteiger partial charge in [0.25, 0.3) is 0 Å². The van der Waals surface area contributed by atoms with Gasteiger partial charge >= 0.3 is 0 Å². The first-order valence-corrected chi connectivity index (χ1v) is 18.2. The molecule has 0 aliphatic carbocycles. The summed E-state index contributed by atoms with van der Waals surface area (Å²) >= 11 is 0. The van der Waals surface area contributed by atoms with Crippen LogP contribution in [-0.4, -0.2) is 74.2 Å². The maximum atomic E-state index is 9.16. The Morgan fingerprint density at radius 1 is 0.714 bits per heavy atom. The van der Waals surface area contributed by atoms with Gasteiger partial charge in [-0.2, -0.15) is 0 Å². The zero-order valence-corrected chi connectivity index (χ0v) is 30.5. The van der Waals surface area contributed by atoms with E-state index in [0.29, 0.717) is 41.8 Å². The Bertz CT molecular complexity index is 699. The summed E-state index contributed by atoms with van der Waals surface area (Å²) in [5, 5.41) is 9.16. The van der Waals surface area contributed by atoms with E-state index in [1.54, 1.807) is 14.2 Å². The summed E-state index contributed by atoms with van der Waals surface area (Å²) in [4.78, 5) is 0. The van der Waals surface area contributed by atoms with Crippen LogP contribution in [0.3, 0.4) is 0 Å². The van der Waals surface area contributed by atoms with E-state index in [1.165, 1.54) is 0 Å². The molecule has 4 unspecified atom stereocenters. The van der Waals surface area contributed by atoms with Crippen molar-refractivity contribution < 1.29 is 33.1 Å². The van der Waals surface area contributed by atoms with Crippen molar-refractivity contribution in [1.29, 1.82) is 0 Å². The molecular formula is C33H64O7P2. The van der Waals surface area contributed by atoms with Crippen LogP contribution in [0.5, 0.6) is 0 Å². The standard InChI is InChI=1S/C17H33O3P.C16H31O4P/c1-7-9-15-16(20-17(4,5)19-15)14(3)11-8-10-13(2)12-21-18-6;1-12(11-21-18-5)7-6-8-13(2)15-14(9-10-17)19-16(3,4)20-15/h8,11,13-16,21H,7,9-10,12H2,1-6H3;6,8,12-15,17,21H,7,9-11H2,1-5H3/b11-8-;8-6-/t13-,14?,15+,16-;12-,13?,14+,15-/m11/s1. The first-order valence-electron chi connectivity index (χ1n) is 16.0. The molecule has 7 nitrogen and oxygen atoms in total. The topological polar surface area (TPSA) is 75.6 Å². The van der Waals surface area contributed by atoms with Crippen LogP contribution in [0.4, 0.5) is 0 Å². The van der Waals surface area contributed by atoms with E-state index in [2.05, 4.69) is 58.9 Å². The lowest BCUT2D eigenvalue weighted by Crippen LogP contribution is -2.29. The van der Waals surface area contributed by atoms with Crippen LogP contribution in [0.25, 0.3) is 0 Å². The van der Waals surface area contributed by atoms with Gasteiger partial charge in [0.1, 0.15) is 0 Å². The number of allylic oxidation sites excluding steroid dienone is 2. The summed E-state index contributed by atoms with van der Waals surface area (Å²) in [6.45, 7) is 19.1. The quantitative estimate of drug-likeness (QED) is 0.121. The van der Waals surface area contributed by atoms with Crippen molar-refractivity contribution in [2.24, 2.45) is 23.7 Å². The molecule has 2 aliphatic rings. The number of rotatable bonds is 18. The van der Waals surface area contributed by atoms with Crippen molar-refractivity contribution in [3.8, 4) is 0 Å². The van der Waals surface area contributed by atoms with E-state index in [0.717, 1.165) is 38.0 Å². The van der Waals surface area contributed by atoms with Crippen molar-refractivity contribution in [2.45, 2.75) is 130 Å². The minimum atomic E-state index is -0.556. The fraction of sp³-hybridized carbons (Fsp3) is 0.879. The number of hydrogen-bond donors (Lipinski definition) is 1. The van der Waals surface area contributed by atoms with Crippen LogP contribution in [0, 0.1) is 23.7 Å². The number of aliphatic hydroxyl groups excluding tert-OH is 1. The molecule has 2 heterocycles. The molecule has 0 amide bonds. The molecule has 0 spiro atoms. The third kappa shape index (κ3) is 15.9. The van der Waals surface area contributed by atoms with Crippen LogP contribution < -0.4 is 0 Å². The number of ether oxygens (including phenoxy) is 4. The molecule has 0 bridgehead atoms. The van der Waals surface area contributed by atoms with Gasteiger partial charge in [-0.15, -0.1) is 0 Å². The van der Waals surface area contributed by atoms with Crippen LogP contribution in [0.15, 0.2) is 24.3 Å². The van der Waals surface area contributed by atoms with Crippen molar-refractivity contribution in [3.63, 3.8) is 0 Å². The van der Waals surface area contributed by atoms with Crippen LogP contribution >= 0.6 is 17.6 Å². The fourth-order valence-corrected chi connectivity index (χ4v) is 6.60. The Morgan fingerprint density at radius 3 is 1.48 bits per heavy atom. The van der Waals surface area contributed by atoms with Crippen LogP contribution in [0.2, 0.25) is 0 Å². The van der Waals surface area contributed by atoms with Gasteiger partial charge in [0.2, 0.25) is 0 Å². The van der Waals surface area contributed by atoms with Crippen LogP contribution in [-0.2, 0) is 28.0 Å². The molecule has 248 valence electrons. The first kappa shape index (κ1) is 40.1. The third-order valence-corrected chi connectivity index (χ3v) is 9.88. The molecule has 1 N–H and O–H groups in total. The van der Waals surface area contributed by atoms with Gasteiger partial charge < -0.3 is 33.1 Å². The minimum absolute atomic E-state index is 0.0135. The summed E-state index contributed by atoms with van der Waals surface area (Å²) in [5.74, 6) is 0.979. The molecule has 0 aromatic rings. The molecule has 0 radical (unpaired) electrons. The first-order chi connectivity index (χ1) is 19.8. The van der Waals surface area contributed by atoms with Gasteiger partial charge in [-0.05, 0) is 77.5 Å². The fourth-order valence-electron chi connectivity index (χ4n) is 5.36.